The van der Waals surface area contributed by atoms with E-state index in [0.717, 1.165) is 5.56 Å². The third-order valence-corrected chi connectivity index (χ3v) is 3.30. The van der Waals surface area contributed by atoms with Crippen LogP contribution in [0.1, 0.15) is 34.9 Å². The van der Waals surface area contributed by atoms with E-state index in [1.807, 2.05) is 30.3 Å². The molecule has 0 spiro atoms. The normalized spacial score (nSPS) is 12.2. The third-order valence-electron chi connectivity index (χ3n) is 3.30. The first-order valence-corrected chi connectivity index (χ1v) is 6.53. The number of ether oxygens (including phenoxy) is 1. The van der Waals surface area contributed by atoms with Crippen molar-refractivity contribution in [3.8, 4) is 5.75 Å². The minimum atomic E-state index is -0.139. The lowest BCUT2D eigenvalue weighted by atomic mass is 10.0. The van der Waals surface area contributed by atoms with Crippen LogP contribution in [-0.4, -0.2) is 22.7 Å². The Morgan fingerprint density at radius 3 is 2.75 bits per heavy atom. The zero-order valence-corrected chi connectivity index (χ0v) is 11.7. The Balaban J connectivity index is 2.00. The molecule has 5 nitrogen and oxygen atoms in total. The Hall–Kier alpha value is -2.14. The van der Waals surface area contributed by atoms with Gasteiger partial charge < -0.3 is 10.5 Å². The van der Waals surface area contributed by atoms with Crippen LogP contribution in [-0.2, 0) is 7.05 Å². The van der Waals surface area contributed by atoms with Crippen molar-refractivity contribution in [1.82, 2.24) is 9.78 Å². The maximum absolute atomic E-state index is 12.2. The molecule has 2 aromatic rings. The van der Waals surface area contributed by atoms with Crippen LogP contribution in [0.3, 0.4) is 0 Å². The summed E-state index contributed by atoms with van der Waals surface area (Å²) in [5.74, 6) is 0.499. The standard InChI is InChI=1S/C15H19N3O2/c1-18-15(14(20-2)10-17-18)13(19)9-8-12(16)11-6-4-3-5-7-11/h3-7,10,12H,8-9,16H2,1-2H3. The first kappa shape index (κ1) is 14.3. The molecule has 106 valence electrons. The lowest BCUT2D eigenvalue weighted by Crippen LogP contribution is -2.14. The first-order valence-electron chi connectivity index (χ1n) is 6.53. The average Bonchev–Trinajstić information content (AvgIpc) is 2.86. The quantitative estimate of drug-likeness (QED) is 0.818. The van der Waals surface area contributed by atoms with Gasteiger partial charge in [-0.05, 0) is 12.0 Å². The Morgan fingerprint density at radius 2 is 2.10 bits per heavy atom. The Labute approximate surface area is 118 Å². The summed E-state index contributed by atoms with van der Waals surface area (Å²) in [5.41, 5.74) is 7.63. The highest BCUT2D eigenvalue weighted by molar-refractivity contribution is 5.96. The maximum atomic E-state index is 12.2. The third kappa shape index (κ3) is 3.05. The number of carbonyl (C=O) groups is 1. The van der Waals surface area contributed by atoms with E-state index in [2.05, 4.69) is 5.10 Å². The number of methoxy groups -OCH3 is 1. The SMILES string of the molecule is COc1cnn(C)c1C(=O)CCC(N)c1ccccc1. The second kappa shape index (κ2) is 6.34. The van der Waals surface area contributed by atoms with Crippen molar-refractivity contribution >= 4 is 5.78 Å². The number of carbonyl (C=O) groups excluding carboxylic acids is 1. The van der Waals surface area contributed by atoms with Gasteiger partial charge >= 0.3 is 0 Å². The summed E-state index contributed by atoms with van der Waals surface area (Å²) in [4.78, 5) is 12.2. The molecular weight excluding hydrogens is 254 g/mol. The van der Waals surface area contributed by atoms with Crippen molar-refractivity contribution in [1.29, 1.82) is 0 Å². The summed E-state index contributed by atoms with van der Waals surface area (Å²) >= 11 is 0. The van der Waals surface area contributed by atoms with Gasteiger partial charge in [0.25, 0.3) is 0 Å². The van der Waals surface area contributed by atoms with Crippen LogP contribution in [0.5, 0.6) is 5.75 Å². The summed E-state index contributed by atoms with van der Waals surface area (Å²) < 4.78 is 6.68. The molecule has 0 aliphatic rings. The molecule has 0 fully saturated rings. The number of nitrogens with zero attached hydrogens (tertiary/aromatic N) is 2. The monoisotopic (exact) mass is 273 g/mol. The number of nitrogens with two attached hydrogens (primary N) is 1. The van der Waals surface area contributed by atoms with Crippen LogP contribution in [0.25, 0.3) is 0 Å². The van der Waals surface area contributed by atoms with Crippen LogP contribution in [0, 0.1) is 0 Å². The number of Topliss-reactive ketones (excluding diaryl/α,β-unsaturated/α-hetero) is 1. The van der Waals surface area contributed by atoms with Crippen LogP contribution in [0.2, 0.25) is 0 Å². The predicted molar refractivity (Wildman–Crippen MR) is 76.7 cm³/mol. The Bertz CT molecular complexity index is 578. The largest absolute Gasteiger partial charge is 0.493 e. The van der Waals surface area contributed by atoms with Gasteiger partial charge in [-0.15, -0.1) is 0 Å². The zero-order valence-electron chi connectivity index (χ0n) is 11.7. The van der Waals surface area contributed by atoms with E-state index < -0.39 is 0 Å². The molecule has 0 aliphatic heterocycles. The molecule has 1 unspecified atom stereocenters. The van der Waals surface area contributed by atoms with E-state index in [1.54, 1.807) is 13.2 Å². The molecule has 1 heterocycles. The molecule has 2 N–H and O–H groups in total. The highest BCUT2D eigenvalue weighted by atomic mass is 16.5. The van der Waals surface area contributed by atoms with Gasteiger partial charge in [0.1, 0.15) is 5.69 Å². The Kier molecular flexibility index (Phi) is 4.53. The average molecular weight is 273 g/mol. The number of rotatable bonds is 6. The molecule has 0 radical (unpaired) electrons. The van der Waals surface area contributed by atoms with E-state index in [1.165, 1.54) is 11.8 Å². The number of hydrogen-bond donors (Lipinski definition) is 1. The first-order chi connectivity index (χ1) is 9.63. The molecule has 1 aromatic heterocycles. The van der Waals surface area contributed by atoms with Gasteiger partial charge in [-0.3, -0.25) is 9.48 Å². The molecule has 0 saturated carbocycles. The molecule has 0 bridgehead atoms. The summed E-state index contributed by atoms with van der Waals surface area (Å²) in [6.07, 6.45) is 2.51. The van der Waals surface area contributed by atoms with Gasteiger partial charge in [-0.2, -0.15) is 5.10 Å². The molecule has 0 saturated heterocycles. The van der Waals surface area contributed by atoms with Crippen LogP contribution >= 0.6 is 0 Å². The van der Waals surface area contributed by atoms with E-state index in [4.69, 9.17) is 10.5 Å². The molecule has 1 aromatic carbocycles. The van der Waals surface area contributed by atoms with Gasteiger partial charge in [-0.25, -0.2) is 0 Å². The van der Waals surface area contributed by atoms with E-state index in [0.29, 0.717) is 24.3 Å². The van der Waals surface area contributed by atoms with Crippen LogP contribution in [0.15, 0.2) is 36.5 Å². The zero-order chi connectivity index (χ0) is 14.5. The number of aromatic nitrogens is 2. The number of hydrogen-bond acceptors (Lipinski definition) is 4. The lowest BCUT2D eigenvalue weighted by Gasteiger charge is -2.11. The summed E-state index contributed by atoms with van der Waals surface area (Å²) in [6, 6.07) is 9.64. The lowest BCUT2D eigenvalue weighted by molar-refractivity contribution is 0.0965. The molecule has 1 atom stereocenters. The number of aryl methyl sites for hydroxylation is 1. The highest BCUT2D eigenvalue weighted by Crippen LogP contribution is 2.21. The van der Waals surface area contributed by atoms with E-state index in [9.17, 15) is 4.79 Å². The summed E-state index contributed by atoms with van der Waals surface area (Å²) in [5, 5.41) is 4.03. The van der Waals surface area contributed by atoms with Gasteiger partial charge in [0.2, 0.25) is 0 Å². The van der Waals surface area contributed by atoms with Crippen molar-refractivity contribution in [3.05, 3.63) is 47.8 Å². The maximum Gasteiger partial charge on any atom is 0.184 e. The molecular formula is C15H19N3O2. The summed E-state index contributed by atoms with van der Waals surface area (Å²) in [6.45, 7) is 0. The minimum Gasteiger partial charge on any atom is -0.493 e. The van der Waals surface area contributed by atoms with Gasteiger partial charge in [-0.1, -0.05) is 30.3 Å². The predicted octanol–water partition coefficient (Wildman–Crippen LogP) is 2.09. The van der Waals surface area contributed by atoms with Crippen molar-refractivity contribution in [2.24, 2.45) is 12.8 Å². The van der Waals surface area contributed by atoms with E-state index >= 15 is 0 Å². The minimum absolute atomic E-state index is 0.00627. The molecule has 0 amide bonds. The van der Waals surface area contributed by atoms with E-state index in [-0.39, 0.29) is 11.8 Å². The fourth-order valence-corrected chi connectivity index (χ4v) is 2.16. The number of benzene rings is 1. The van der Waals surface area contributed by atoms with Crippen LogP contribution < -0.4 is 10.5 Å². The molecule has 20 heavy (non-hydrogen) atoms. The fourth-order valence-electron chi connectivity index (χ4n) is 2.16. The van der Waals surface area contributed by atoms with Crippen molar-refractivity contribution in [2.45, 2.75) is 18.9 Å². The van der Waals surface area contributed by atoms with Crippen LogP contribution in [0.4, 0.5) is 0 Å². The topological polar surface area (TPSA) is 70.1 Å². The Morgan fingerprint density at radius 1 is 1.40 bits per heavy atom. The van der Waals surface area contributed by atoms with Gasteiger partial charge in [0, 0.05) is 19.5 Å². The number of ketones is 1. The van der Waals surface area contributed by atoms with Gasteiger partial charge in [0.15, 0.2) is 11.5 Å². The molecule has 5 heteroatoms. The second-order valence-corrected chi connectivity index (χ2v) is 4.66. The highest BCUT2D eigenvalue weighted by Gasteiger charge is 2.18. The smallest absolute Gasteiger partial charge is 0.184 e. The van der Waals surface area contributed by atoms with Crippen molar-refractivity contribution < 1.29 is 9.53 Å². The molecule has 2 rings (SSSR count). The fraction of sp³-hybridized carbons (Fsp3) is 0.333. The van der Waals surface area contributed by atoms with Gasteiger partial charge in [0.05, 0.1) is 13.3 Å². The summed E-state index contributed by atoms with van der Waals surface area (Å²) in [7, 11) is 3.26. The van der Waals surface area contributed by atoms with Crippen molar-refractivity contribution in [2.75, 3.05) is 7.11 Å². The van der Waals surface area contributed by atoms with Crippen molar-refractivity contribution in [3.63, 3.8) is 0 Å². The second-order valence-electron chi connectivity index (χ2n) is 4.66. The molecule has 0 aliphatic carbocycles.